The summed E-state index contributed by atoms with van der Waals surface area (Å²) in [5, 5.41) is 5.31. The van der Waals surface area contributed by atoms with Crippen molar-refractivity contribution in [2.24, 2.45) is 11.8 Å². The number of carbonyl (C=O) groups excluding carboxylic acids is 5. The van der Waals surface area contributed by atoms with Gasteiger partial charge < -0.3 is 15.4 Å². The zero-order valence-corrected chi connectivity index (χ0v) is 23.1. The van der Waals surface area contributed by atoms with E-state index in [-0.39, 0.29) is 35.5 Å². The lowest BCUT2D eigenvalue weighted by Crippen LogP contribution is -2.44. The van der Waals surface area contributed by atoms with Crippen molar-refractivity contribution in [1.29, 1.82) is 0 Å². The summed E-state index contributed by atoms with van der Waals surface area (Å²) >= 11 is 0. The second-order valence-electron chi connectivity index (χ2n) is 10.5. The quantitative estimate of drug-likeness (QED) is 0.206. The van der Waals surface area contributed by atoms with Gasteiger partial charge in [0.15, 0.2) is 12.7 Å². The van der Waals surface area contributed by atoms with Crippen LogP contribution in [0.3, 0.4) is 0 Å². The third-order valence-electron chi connectivity index (χ3n) is 4.51. The molecular weight excluding hydrogens is 496 g/mol. The van der Waals surface area contributed by atoms with Gasteiger partial charge in [0.05, 0.1) is 6.42 Å². The van der Waals surface area contributed by atoms with Gasteiger partial charge >= 0.3 is 5.97 Å². The molecule has 0 radical (unpaired) electrons. The number of hydroxylamine groups is 2. The molecule has 0 spiro atoms. The monoisotopic (exact) mass is 536 g/mol. The topological polar surface area (TPSA) is 161 Å². The molecule has 12 nitrogen and oxygen atoms in total. The first kappa shape index (κ1) is 32.5. The van der Waals surface area contributed by atoms with Crippen LogP contribution in [-0.2, 0) is 28.8 Å². The molecule has 0 fully saturated rings. The molecule has 1 rings (SSSR count). The Hall–Kier alpha value is -3.51. The minimum absolute atomic E-state index is 0.0472. The Balaban J connectivity index is 2.76. The lowest BCUT2D eigenvalue weighted by Gasteiger charge is -2.22. The van der Waals surface area contributed by atoms with Gasteiger partial charge in [0.25, 0.3) is 17.7 Å². The number of ether oxygens (including phenoxy) is 1. The van der Waals surface area contributed by atoms with Crippen LogP contribution in [0.15, 0.2) is 24.3 Å². The van der Waals surface area contributed by atoms with Crippen molar-refractivity contribution >= 4 is 29.6 Å². The molecule has 1 aromatic rings. The van der Waals surface area contributed by atoms with Crippen LogP contribution < -0.4 is 21.6 Å². The molecule has 0 aromatic heterocycles. The fourth-order valence-corrected chi connectivity index (χ4v) is 2.72. The SMILES string of the molecule is CC(C)CNC(=O)CONC(=O)c1cccc(C(=O)NO[C@H](CC(=O)OC(C)(C)C)C(=O)NCC(C)C)c1. The van der Waals surface area contributed by atoms with Gasteiger partial charge in [-0.3, -0.25) is 33.6 Å². The zero-order chi connectivity index (χ0) is 28.9. The van der Waals surface area contributed by atoms with E-state index in [9.17, 15) is 24.0 Å². The Labute approximate surface area is 223 Å². The standard InChI is InChI=1S/C26H40N4O8/c1-16(2)13-27-21(31)15-36-29-23(33)18-9-8-10-19(11-18)24(34)30-38-20(25(35)28-14-17(3)4)12-22(32)37-26(5,6)7/h8-11,16-17,20H,12-15H2,1-7H3,(H,27,31)(H,28,35)(H,29,33)(H,30,34)/t20-/m1/s1. The summed E-state index contributed by atoms with van der Waals surface area (Å²) < 4.78 is 5.26. The highest BCUT2D eigenvalue weighted by molar-refractivity contribution is 5.99. The van der Waals surface area contributed by atoms with Crippen LogP contribution >= 0.6 is 0 Å². The number of esters is 1. The summed E-state index contributed by atoms with van der Waals surface area (Å²) in [4.78, 5) is 71.7. The van der Waals surface area contributed by atoms with Crippen LogP contribution in [0.5, 0.6) is 0 Å². The average molecular weight is 537 g/mol. The van der Waals surface area contributed by atoms with Crippen molar-refractivity contribution in [2.45, 2.75) is 66.6 Å². The number of hydrogen-bond acceptors (Lipinski definition) is 8. The lowest BCUT2D eigenvalue weighted by molar-refractivity contribution is -0.162. The molecule has 0 aliphatic carbocycles. The molecule has 38 heavy (non-hydrogen) atoms. The van der Waals surface area contributed by atoms with Gasteiger partial charge in [0, 0.05) is 24.2 Å². The fraction of sp³-hybridized carbons (Fsp3) is 0.577. The van der Waals surface area contributed by atoms with Crippen molar-refractivity contribution in [3.63, 3.8) is 0 Å². The van der Waals surface area contributed by atoms with Crippen LogP contribution in [-0.4, -0.2) is 61.0 Å². The predicted octanol–water partition coefficient (Wildman–Crippen LogP) is 1.65. The number of nitrogens with one attached hydrogen (secondary N) is 4. The van der Waals surface area contributed by atoms with Crippen LogP contribution in [0.2, 0.25) is 0 Å². The molecule has 0 bridgehead atoms. The van der Waals surface area contributed by atoms with E-state index in [0.29, 0.717) is 13.1 Å². The van der Waals surface area contributed by atoms with Crippen LogP contribution in [0.1, 0.15) is 75.6 Å². The van der Waals surface area contributed by atoms with Gasteiger partial charge in [-0.2, -0.15) is 0 Å². The van der Waals surface area contributed by atoms with Gasteiger partial charge in [-0.25, -0.2) is 11.0 Å². The van der Waals surface area contributed by atoms with Gasteiger partial charge in [-0.05, 0) is 50.8 Å². The van der Waals surface area contributed by atoms with E-state index in [4.69, 9.17) is 14.4 Å². The molecule has 1 atom stereocenters. The molecule has 0 aliphatic rings. The molecular formula is C26H40N4O8. The molecule has 0 saturated carbocycles. The van der Waals surface area contributed by atoms with E-state index in [1.807, 2.05) is 27.7 Å². The maximum Gasteiger partial charge on any atom is 0.309 e. The van der Waals surface area contributed by atoms with E-state index in [1.165, 1.54) is 24.3 Å². The van der Waals surface area contributed by atoms with E-state index in [0.717, 1.165) is 0 Å². The van der Waals surface area contributed by atoms with Gasteiger partial charge in [-0.1, -0.05) is 33.8 Å². The van der Waals surface area contributed by atoms with Gasteiger partial charge in [-0.15, -0.1) is 0 Å². The van der Waals surface area contributed by atoms with Crippen LogP contribution in [0.25, 0.3) is 0 Å². The molecule has 1 aromatic carbocycles. The van der Waals surface area contributed by atoms with Gasteiger partial charge in [0.1, 0.15) is 5.60 Å². The Morgan fingerprint density at radius 2 is 1.39 bits per heavy atom. The normalized spacial score (nSPS) is 12.0. The van der Waals surface area contributed by atoms with Gasteiger partial charge in [0.2, 0.25) is 5.91 Å². The van der Waals surface area contributed by atoms with Crippen LogP contribution in [0, 0.1) is 11.8 Å². The highest BCUT2D eigenvalue weighted by atomic mass is 16.7. The molecule has 212 valence electrons. The summed E-state index contributed by atoms with van der Waals surface area (Å²) in [6, 6.07) is 5.61. The van der Waals surface area contributed by atoms with Crippen molar-refractivity contribution in [3.8, 4) is 0 Å². The molecule has 4 N–H and O–H groups in total. The maximum atomic E-state index is 12.7. The first-order chi connectivity index (χ1) is 17.7. The molecule has 0 aliphatic heterocycles. The number of hydrogen-bond donors (Lipinski definition) is 4. The number of carbonyl (C=O) groups is 5. The molecule has 0 heterocycles. The number of benzene rings is 1. The smallest absolute Gasteiger partial charge is 0.309 e. The van der Waals surface area contributed by atoms with E-state index >= 15 is 0 Å². The van der Waals surface area contributed by atoms with Crippen molar-refractivity contribution < 1.29 is 38.4 Å². The Morgan fingerprint density at radius 3 is 1.95 bits per heavy atom. The van der Waals surface area contributed by atoms with E-state index in [1.54, 1.807) is 20.8 Å². The highest BCUT2D eigenvalue weighted by Crippen LogP contribution is 2.11. The minimum Gasteiger partial charge on any atom is -0.460 e. The van der Waals surface area contributed by atoms with Crippen molar-refractivity contribution in [2.75, 3.05) is 19.7 Å². The second-order valence-corrected chi connectivity index (χ2v) is 10.5. The van der Waals surface area contributed by atoms with E-state index < -0.39 is 41.8 Å². The average Bonchev–Trinajstić information content (AvgIpc) is 2.82. The Bertz CT molecular complexity index is 972. The third-order valence-corrected chi connectivity index (χ3v) is 4.51. The summed E-state index contributed by atoms with van der Waals surface area (Å²) in [6.45, 7) is 13.2. The largest absolute Gasteiger partial charge is 0.460 e. The number of amides is 4. The summed E-state index contributed by atoms with van der Waals surface area (Å²) in [5.41, 5.74) is 3.67. The first-order valence-electron chi connectivity index (χ1n) is 12.4. The molecule has 12 heteroatoms. The predicted molar refractivity (Wildman–Crippen MR) is 138 cm³/mol. The highest BCUT2D eigenvalue weighted by Gasteiger charge is 2.27. The number of rotatable bonds is 14. The summed E-state index contributed by atoms with van der Waals surface area (Å²) in [6.07, 6.45) is -1.76. The van der Waals surface area contributed by atoms with Crippen molar-refractivity contribution in [3.05, 3.63) is 35.4 Å². The first-order valence-corrected chi connectivity index (χ1v) is 12.4. The molecule has 0 saturated heterocycles. The molecule has 4 amide bonds. The molecule has 0 unspecified atom stereocenters. The van der Waals surface area contributed by atoms with E-state index in [2.05, 4.69) is 21.6 Å². The lowest BCUT2D eigenvalue weighted by atomic mass is 10.1. The third kappa shape index (κ3) is 13.7. The minimum atomic E-state index is -1.34. The zero-order valence-electron chi connectivity index (χ0n) is 23.1. The Kier molecular flexibility index (Phi) is 13.4. The second kappa shape index (κ2) is 15.7. The van der Waals surface area contributed by atoms with Crippen LogP contribution in [0.4, 0.5) is 0 Å². The summed E-state index contributed by atoms with van der Waals surface area (Å²) in [5.74, 6) is -2.65. The van der Waals surface area contributed by atoms with Crippen molar-refractivity contribution in [1.82, 2.24) is 21.6 Å². The summed E-state index contributed by atoms with van der Waals surface area (Å²) in [7, 11) is 0. The maximum absolute atomic E-state index is 12.7. The fourth-order valence-electron chi connectivity index (χ4n) is 2.72. The Morgan fingerprint density at radius 1 is 0.842 bits per heavy atom.